The van der Waals surface area contributed by atoms with Gasteiger partial charge in [-0.3, -0.25) is 4.68 Å². The van der Waals surface area contributed by atoms with Crippen LogP contribution in [0.4, 0.5) is 4.79 Å². The van der Waals surface area contributed by atoms with Crippen LogP contribution < -0.4 is 10.6 Å². The fourth-order valence-corrected chi connectivity index (χ4v) is 2.80. The Balaban J connectivity index is 1.51. The minimum atomic E-state index is -0.353. The number of aromatic nitrogens is 4. The molecule has 3 rings (SSSR count). The molecular formula is C17H22N6O2. The van der Waals surface area contributed by atoms with E-state index in [-0.39, 0.29) is 18.7 Å². The van der Waals surface area contributed by atoms with Crippen LogP contribution >= 0.6 is 0 Å². The zero-order valence-electron chi connectivity index (χ0n) is 14.1. The molecule has 4 N–H and O–H groups in total. The van der Waals surface area contributed by atoms with Gasteiger partial charge in [0, 0.05) is 37.1 Å². The maximum absolute atomic E-state index is 12.0. The number of aliphatic hydroxyl groups excluding tert-OH is 1. The molecule has 0 saturated heterocycles. The smallest absolute Gasteiger partial charge is 0.315 e. The summed E-state index contributed by atoms with van der Waals surface area (Å²) in [7, 11) is 1.81. The summed E-state index contributed by atoms with van der Waals surface area (Å²) in [4.78, 5) is 19.3. The number of hydrogen-bond donors (Lipinski definition) is 4. The fraction of sp³-hybridized carbons (Fsp3) is 0.353. The number of carbonyl (C=O) groups is 1. The highest BCUT2D eigenvalue weighted by Gasteiger charge is 2.14. The fourth-order valence-electron chi connectivity index (χ4n) is 2.80. The van der Waals surface area contributed by atoms with E-state index in [4.69, 9.17) is 0 Å². The molecule has 0 spiro atoms. The van der Waals surface area contributed by atoms with Crippen LogP contribution in [0.25, 0.3) is 10.9 Å². The van der Waals surface area contributed by atoms with E-state index in [2.05, 4.69) is 25.7 Å². The summed E-state index contributed by atoms with van der Waals surface area (Å²) in [5.41, 5.74) is 2.11. The Morgan fingerprint density at radius 1 is 1.40 bits per heavy atom. The van der Waals surface area contributed by atoms with Crippen LogP contribution in [0, 0.1) is 0 Å². The molecule has 0 aliphatic carbocycles. The number of aryl methyl sites for hydroxylation is 1. The molecule has 8 nitrogen and oxygen atoms in total. The summed E-state index contributed by atoms with van der Waals surface area (Å²) in [6.07, 6.45) is 4.55. The summed E-state index contributed by atoms with van der Waals surface area (Å²) in [6.45, 7) is 0.319. The van der Waals surface area contributed by atoms with Crippen molar-refractivity contribution in [3.8, 4) is 0 Å². The lowest BCUT2D eigenvalue weighted by Crippen LogP contribution is -2.45. The molecule has 3 aromatic rings. The number of nitrogens with one attached hydrogen (secondary N) is 3. The summed E-state index contributed by atoms with van der Waals surface area (Å²) in [6, 6.07) is 7.31. The number of urea groups is 1. The van der Waals surface area contributed by atoms with Crippen molar-refractivity contribution in [3.05, 3.63) is 48.2 Å². The van der Waals surface area contributed by atoms with Gasteiger partial charge in [-0.1, -0.05) is 18.2 Å². The van der Waals surface area contributed by atoms with Crippen LogP contribution in [0.3, 0.4) is 0 Å². The first-order valence-electron chi connectivity index (χ1n) is 8.20. The zero-order chi connectivity index (χ0) is 17.6. The second-order valence-electron chi connectivity index (χ2n) is 5.89. The summed E-state index contributed by atoms with van der Waals surface area (Å²) < 4.78 is 1.67. The van der Waals surface area contributed by atoms with Gasteiger partial charge in [-0.2, -0.15) is 5.10 Å². The molecule has 25 heavy (non-hydrogen) atoms. The van der Waals surface area contributed by atoms with Crippen LogP contribution in [0.5, 0.6) is 0 Å². The van der Waals surface area contributed by atoms with Crippen molar-refractivity contribution in [3.63, 3.8) is 0 Å². The first-order valence-corrected chi connectivity index (χ1v) is 8.20. The lowest BCUT2D eigenvalue weighted by atomic mass is 10.1. The molecular weight excluding hydrogens is 320 g/mol. The maximum atomic E-state index is 12.0. The first kappa shape index (κ1) is 17.0. The van der Waals surface area contributed by atoms with Gasteiger partial charge >= 0.3 is 6.03 Å². The van der Waals surface area contributed by atoms with Gasteiger partial charge in [0.05, 0.1) is 12.6 Å². The van der Waals surface area contributed by atoms with Crippen molar-refractivity contribution >= 4 is 16.9 Å². The van der Waals surface area contributed by atoms with E-state index in [0.717, 1.165) is 22.3 Å². The highest BCUT2D eigenvalue weighted by atomic mass is 16.3. The Morgan fingerprint density at radius 2 is 2.24 bits per heavy atom. The molecule has 0 fully saturated rings. The second-order valence-corrected chi connectivity index (χ2v) is 5.89. The Labute approximate surface area is 145 Å². The van der Waals surface area contributed by atoms with Crippen LogP contribution in [-0.4, -0.2) is 50.1 Å². The molecule has 2 amide bonds. The van der Waals surface area contributed by atoms with Gasteiger partial charge in [-0.15, -0.1) is 0 Å². The highest BCUT2D eigenvalue weighted by molar-refractivity contribution is 5.83. The molecule has 1 aromatic carbocycles. The zero-order valence-corrected chi connectivity index (χ0v) is 14.1. The van der Waals surface area contributed by atoms with E-state index < -0.39 is 0 Å². The number of carbonyl (C=O) groups excluding carboxylic acids is 1. The van der Waals surface area contributed by atoms with E-state index in [1.165, 1.54) is 6.33 Å². The first-order chi connectivity index (χ1) is 12.2. The van der Waals surface area contributed by atoms with Crippen molar-refractivity contribution in [2.75, 3.05) is 13.2 Å². The van der Waals surface area contributed by atoms with E-state index in [0.29, 0.717) is 19.4 Å². The topological polar surface area (TPSA) is 108 Å². The minimum absolute atomic E-state index is 0.129. The van der Waals surface area contributed by atoms with Gasteiger partial charge in [0.1, 0.15) is 12.2 Å². The number of aromatic amines is 1. The summed E-state index contributed by atoms with van der Waals surface area (Å²) >= 11 is 0. The van der Waals surface area contributed by atoms with Crippen molar-refractivity contribution in [1.82, 2.24) is 30.4 Å². The number of aliphatic hydroxyl groups is 1. The number of fused-ring (bicyclic) bond motifs is 1. The number of hydrogen-bond acceptors (Lipinski definition) is 4. The Kier molecular flexibility index (Phi) is 5.30. The van der Waals surface area contributed by atoms with E-state index in [1.807, 2.05) is 37.5 Å². The number of rotatable bonds is 7. The van der Waals surface area contributed by atoms with Crippen LogP contribution in [-0.2, 0) is 19.9 Å². The summed E-state index contributed by atoms with van der Waals surface area (Å²) in [5, 5.41) is 20.3. The van der Waals surface area contributed by atoms with Crippen LogP contribution in [0.2, 0.25) is 0 Å². The third kappa shape index (κ3) is 4.16. The van der Waals surface area contributed by atoms with Crippen molar-refractivity contribution in [1.29, 1.82) is 0 Å². The van der Waals surface area contributed by atoms with Gasteiger partial charge in [0.2, 0.25) is 0 Å². The standard InChI is InChI=1S/C17H22N6O2/c1-23-16(20-11-21-23)6-7-18-17(25)22-13(10-24)8-12-9-19-15-5-3-2-4-14(12)15/h2-5,9,11,13,19,24H,6-8,10H2,1H3,(H2,18,22,25). The Morgan fingerprint density at radius 3 is 3.00 bits per heavy atom. The largest absolute Gasteiger partial charge is 0.394 e. The van der Waals surface area contributed by atoms with E-state index in [1.54, 1.807) is 4.68 Å². The SMILES string of the molecule is Cn1ncnc1CCNC(=O)NC(CO)Cc1c[nH]c2ccccc12. The van der Waals surface area contributed by atoms with Crippen molar-refractivity contribution in [2.45, 2.75) is 18.9 Å². The predicted octanol–water partition coefficient (Wildman–Crippen LogP) is 0.742. The molecule has 0 aliphatic rings. The predicted molar refractivity (Wildman–Crippen MR) is 94.1 cm³/mol. The molecule has 2 aromatic heterocycles. The van der Waals surface area contributed by atoms with E-state index in [9.17, 15) is 9.90 Å². The van der Waals surface area contributed by atoms with Gasteiger partial charge < -0.3 is 20.7 Å². The average Bonchev–Trinajstić information content (AvgIpc) is 3.21. The number of para-hydroxylation sites is 1. The molecule has 1 atom stereocenters. The third-order valence-electron chi connectivity index (χ3n) is 4.14. The number of H-pyrrole nitrogens is 1. The van der Waals surface area contributed by atoms with Crippen molar-refractivity contribution < 1.29 is 9.90 Å². The molecule has 0 aliphatic heterocycles. The summed E-state index contributed by atoms with van der Waals surface area (Å²) in [5.74, 6) is 0.804. The lowest BCUT2D eigenvalue weighted by Gasteiger charge is -2.16. The minimum Gasteiger partial charge on any atom is -0.394 e. The molecule has 0 saturated carbocycles. The third-order valence-corrected chi connectivity index (χ3v) is 4.14. The molecule has 0 radical (unpaired) electrons. The number of amides is 2. The Hall–Kier alpha value is -2.87. The second kappa shape index (κ2) is 7.80. The molecule has 132 valence electrons. The van der Waals surface area contributed by atoms with E-state index >= 15 is 0 Å². The maximum Gasteiger partial charge on any atom is 0.315 e. The van der Waals surface area contributed by atoms with Gasteiger partial charge in [0.15, 0.2) is 0 Å². The lowest BCUT2D eigenvalue weighted by molar-refractivity contribution is 0.216. The van der Waals surface area contributed by atoms with Gasteiger partial charge in [-0.05, 0) is 18.1 Å². The van der Waals surface area contributed by atoms with Gasteiger partial charge in [-0.25, -0.2) is 9.78 Å². The van der Waals surface area contributed by atoms with Gasteiger partial charge in [0.25, 0.3) is 0 Å². The van der Waals surface area contributed by atoms with Crippen LogP contribution in [0.1, 0.15) is 11.4 Å². The normalized spacial score (nSPS) is 12.2. The molecule has 0 bridgehead atoms. The molecule has 2 heterocycles. The quantitative estimate of drug-likeness (QED) is 0.508. The average molecular weight is 342 g/mol. The molecule has 8 heteroatoms. The highest BCUT2D eigenvalue weighted by Crippen LogP contribution is 2.18. The number of nitrogens with zero attached hydrogens (tertiary/aromatic N) is 3. The molecule has 1 unspecified atom stereocenters. The van der Waals surface area contributed by atoms with Crippen LogP contribution in [0.15, 0.2) is 36.8 Å². The Bertz CT molecular complexity index is 840. The van der Waals surface area contributed by atoms with Crippen molar-refractivity contribution in [2.24, 2.45) is 7.05 Å². The monoisotopic (exact) mass is 342 g/mol. The number of benzene rings is 1.